The monoisotopic (exact) mass is 179 g/mol. The van der Waals surface area contributed by atoms with Gasteiger partial charge < -0.3 is 5.32 Å². The van der Waals surface area contributed by atoms with Crippen molar-refractivity contribution in [2.75, 3.05) is 12.9 Å². The lowest BCUT2D eigenvalue weighted by Crippen LogP contribution is -2.50. The first-order valence-corrected chi connectivity index (χ1v) is 5.39. The van der Waals surface area contributed by atoms with Crippen LogP contribution in [0, 0.1) is 5.92 Å². The highest BCUT2D eigenvalue weighted by molar-refractivity contribution is 6.26. The second kappa shape index (κ2) is 4.37. The van der Waals surface area contributed by atoms with Gasteiger partial charge in [0.05, 0.1) is 0 Å². The summed E-state index contributed by atoms with van der Waals surface area (Å²) in [7, 11) is 3.12. The summed E-state index contributed by atoms with van der Waals surface area (Å²) in [6, 6.07) is 0. The van der Waals surface area contributed by atoms with Crippen molar-refractivity contribution in [2.24, 2.45) is 5.92 Å². The molecule has 2 unspecified atom stereocenters. The lowest BCUT2D eigenvalue weighted by Gasteiger charge is -2.33. The number of hydrogen-bond donors (Lipinski definition) is 1. The zero-order valence-electron chi connectivity index (χ0n) is 7.37. The minimum Gasteiger partial charge on any atom is -0.316 e. The SMILES string of the molecule is CCC(C)C([SiH3])(CCl)NC. The van der Waals surface area contributed by atoms with E-state index in [2.05, 4.69) is 19.2 Å². The standard InChI is InChI=1S/C7H18ClNSi/c1-4-6(2)7(10,5-8)9-3/h6,9H,4-5H2,1-3,10H3. The van der Waals surface area contributed by atoms with Gasteiger partial charge in [0.1, 0.15) is 0 Å². The molecule has 0 aliphatic rings. The van der Waals surface area contributed by atoms with Gasteiger partial charge in [-0.1, -0.05) is 20.3 Å². The van der Waals surface area contributed by atoms with Gasteiger partial charge in [0, 0.05) is 21.3 Å². The van der Waals surface area contributed by atoms with Crippen LogP contribution in [0.2, 0.25) is 0 Å². The predicted octanol–water partition coefficient (Wildman–Crippen LogP) is 0.552. The molecule has 0 rings (SSSR count). The third-order valence-corrected chi connectivity index (χ3v) is 5.39. The molecule has 0 saturated carbocycles. The fraction of sp³-hybridized carbons (Fsp3) is 1.00. The minimum absolute atomic E-state index is 0.246. The molecule has 1 nitrogen and oxygen atoms in total. The van der Waals surface area contributed by atoms with Crippen molar-refractivity contribution in [3.8, 4) is 0 Å². The quantitative estimate of drug-likeness (QED) is 0.491. The highest BCUT2D eigenvalue weighted by Gasteiger charge is 2.26. The average Bonchev–Trinajstić information content (AvgIpc) is 2.01. The molecule has 0 heterocycles. The molecule has 0 aliphatic carbocycles. The molecule has 1 N–H and O–H groups in total. The average molecular weight is 180 g/mol. The van der Waals surface area contributed by atoms with Crippen LogP contribution < -0.4 is 5.32 Å². The first-order valence-electron chi connectivity index (χ1n) is 3.85. The van der Waals surface area contributed by atoms with E-state index >= 15 is 0 Å². The fourth-order valence-electron chi connectivity index (χ4n) is 0.895. The van der Waals surface area contributed by atoms with Crippen molar-refractivity contribution in [3.63, 3.8) is 0 Å². The molecule has 0 aromatic rings. The van der Waals surface area contributed by atoms with E-state index in [1.165, 1.54) is 6.42 Å². The van der Waals surface area contributed by atoms with Crippen molar-refractivity contribution in [1.29, 1.82) is 0 Å². The van der Waals surface area contributed by atoms with Gasteiger partial charge in [-0.3, -0.25) is 0 Å². The lowest BCUT2D eigenvalue weighted by atomic mass is 10.00. The topological polar surface area (TPSA) is 12.0 Å². The number of hydrogen-bond acceptors (Lipinski definition) is 1. The number of alkyl halides is 1. The Hall–Kier alpha value is 0.467. The molecule has 0 aliphatic heterocycles. The maximum atomic E-state index is 5.85. The van der Waals surface area contributed by atoms with Gasteiger partial charge in [-0.25, -0.2) is 0 Å². The van der Waals surface area contributed by atoms with Crippen molar-refractivity contribution >= 4 is 21.8 Å². The number of rotatable bonds is 4. The van der Waals surface area contributed by atoms with Crippen LogP contribution in [0.5, 0.6) is 0 Å². The first-order chi connectivity index (χ1) is 4.60. The first kappa shape index (κ1) is 10.5. The van der Waals surface area contributed by atoms with Crippen LogP contribution in [0.25, 0.3) is 0 Å². The largest absolute Gasteiger partial charge is 0.316 e. The van der Waals surface area contributed by atoms with E-state index in [-0.39, 0.29) is 5.16 Å². The lowest BCUT2D eigenvalue weighted by molar-refractivity contribution is 0.369. The Kier molecular flexibility index (Phi) is 4.57. The molecule has 0 amide bonds. The Morgan fingerprint density at radius 2 is 2.20 bits per heavy atom. The Balaban J connectivity index is 4.02. The highest BCUT2D eigenvalue weighted by atomic mass is 35.5. The van der Waals surface area contributed by atoms with Crippen molar-refractivity contribution in [3.05, 3.63) is 0 Å². The maximum Gasteiger partial charge on any atom is 0.0370 e. The molecule has 0 fully saturated rings. The second-order valence-corrected chi connectivity index (χ2v) is 5.16. The molecule has 0 bridgehead atoms. The molecule has 0 aromatic carbocycles. The van der Waals surface area contributed by atoms with E-state index in [1.54, 1.807) is 0 Å². The smallest absolute Gasteiger partial charge is 0.0370 e. The van der Waals surface area contributed by atoms with Gasteiger partial charge in [0.25, 0.3) is 0 Å². The Morgan fingerprint density at radius 1 is 1.70 bits per heavy atom. The van der Waals surface area contributed by atoms with Crippen LogP contribution in [0.3, 0.4) is 0 Å². The van der Waals surface area contributed by atoms with Gasteiger partial charge in [0.15, 0.2) is 0 Å². The molecule has 3 heteroatoms. The van der Waals surface area contributed by atoms with E-state index in [0.29, 0.717) is 5.92 Å². The van der Waals surface area contributed by atoms with Crippen LogP contribution in [0.15, 0.2) is 0 Å². The summed E-state index contributed by atoms with van der Waals surface area (Å²) in [4.78, 5) is 0. The molecular weight excluding hydrogens is 162 g/mol. The zero-order valence-corrected chi connectivity index (χ0v) is 10.1. The van der Waals surface area contributed by atoms with Gasteiger partial charge in [-0.15, -0.1) is 11.6 Å². The molecule has 10 heavy (non-hydrogen) atoms. The Bertz CT molecular complexity index is 93.6. The molecule has 0 saturated heterocycles. The summed E-state index contributed by atoms with van der Waals surface area (Å²) >= 11 is 5.85. The third kappa shape index (κ3) is 2.26. The van der Waals surface area contributed by atoms with Crippen LogP contribution in [-0.2, 0) is 0 Å². The van der Waals surface area contributed by atoms with E-state index in [4.69, 9.17) is 11.6 Å². The molecule has 62 valence electrons. The summed E-state index contributed by atoms with van der Waals surface area (Å²) in [5.74, 6) is 1.44. The third-order valence-electron chi connectivity index (χ3n) is 2.55. The van der Waals surface area contributed by atoms with Crippen molar-refractivity contribution < 1.29 is 0 Å². The van der Waals surface area contributed by atoms with Gasteiger partial charge >= 0.3 is 0 Å². The highest BCUT2D eigenvalue weighted by Crippen LogP contribution is 2.17. The van der Waals surface area contributed by atoms with E-state index in [9.17, 15) is 0 Å². The van der Waals surface area contributed by atoms with Gasteiger partial charge in [-0.2, -0.15) is 0 Å². The minimum atomic E-state index is 0.246. The maximum absolute atomic E-state index is 5.85. The fourth-order valence-corrected chi connectivity index (χ4v) is 1.70. The number of halogens is 1. The van der Waals surface area contributed by atoms with Crippen LogP contribution >= 0.6 is 11.6 Å². The second-order valence-electron chi connectivity index (χ2n) is 3.11. The van der Waals surface area contributed by atoms with E-state index in [0.717, 1.165) is 16.1 Å². The van der Waals surface area contributed by atoms with Crippen LogP contribution in [0.4, 0.5) is 0 Å². The summed E-state index contributed by atoms with van der Waals surface area (Å²) in [6.07, 6.45) is 1.21. The van der Waals surface area contributed by atoms with Crippen LogP contribution in [-0.4, -0.2) is 28.3 Å². The van der Waals surface area contributed by atoms with Crippen molar-refractivity contribution in [2.45, 2.75) is 25.4 Å². The molecule has 0 spiro atoms. The summed E-state index contributed by atoms with van der Waals surface area (Å²) in [5.41, 5.74) is 0. The molecule has 0 radical (unpaired) electrons. The molecule has 2 atom stereocenters. The molecular formula is C7H18ClNSi. The van der Waals surface area contributed by atoms with Crippen molar-refractivity contribution in [1.82, 2.24) is 5.32 Å². The zero-order chi connectivity index (χ0) is 8.20. The normalized spacial score (nSPS) is 20.4. The summed E-state index contributed by atoms with van der Waals surface area (Å²) in [5, 5.41) is 3.55. The molecule has 0 aromatic heterocycles. The summed E-state index contributed by atoms with van der Waals surface area (Å²) < 4.78 is 0. The van der Waals surface area contributed by atoms with E-state index < -0.39 is 0 Å². The summed E-state index contributed by atoms with van der Waals surface area (Å²) in [6.45, 7) is 4.47. The van der Waals surface area contributed by atoms with Gasteiger partial charge in [-0.05, 0) is 13.0 Å². The predicted molar refractivity (Wildman–Crippen MR) is 51.9 cm³/mol. The van der Waals surface area contributed by atoms with Crippen LogP contribution in [0.1, 0.15) is 20.3 Å². The Labute approximate surface area is 72.0 Å². The number of nitrogens with one attached hydrogen (secondary N) is 1. The van der Waals surface area contributed by atoms with Gasteiger partial charge in [0.2, 0.25) is 0 Å². The van der Waals surface area contributed by atoms with E-state index in [1.807, 2.05) is 7.05 Å². The Morgan fingerprint density at radius 3 is 2.30 bits per heavy atom.